The van der Waals surface area contributed by atoms with Crippen LogP contribution in [0, 0.1) is 0 Å². The molecule has 6 heteroatoms. The number of ether oxygens (including phenoxy) is 1. The van der Waals surface area contributed by atoms with E-state index in [1.165, 1.54) is 0 Å². The van der Waals surface area contributed by atoms with E-state index in [9.17, 15) is 4.79 Å². The van der Waals surface area contributed by atoms with Crippen LogP contribution in [0.1, 0.15) is 30.9 Å². The van der Waals surface area contributed by atoms with E-state index >= 15 is 0 Å². The molecular formula is C18H22N4O2. The maximum absolute atomic E-state index is 12.6. The number of benzene rings is 1. The lowest BCUT2D eigenvalue weighted by molar-refractivity contribution is -0.131. The number of methoxy groups -OCH3 is 1. The highest BCUT2D eigenvalue weighted by molar-refractivity contribution is 5.77. The molecule has 0 spiro atoms. The Morgan fingerprint density at radius 3 is 2.96 bits per heavy atom. The third-order valence-corrected chi connectivity index (χ3v) is 4.24. The van der Waals surface area contributed by atoms with Gasteiger partial charge in [0.05, 0.1) is 13.2 Å². The average Bonchev–Trinajstić information content (AvgIpc) is 3.12. The minimum absolute atomic E-state index is 0.139. The molecule has 1 unspecified atom stereocenters. The van der Waals surface area contributed by atoms with Gasteiger partial charge in [0.1, 0.15) is 5.75 Å². The molecule has 1 saturated heterocycles. The molecule has 0 aliphatic carbocycles. The first kappa shape index (κ1) is 16.2. The highest BCUT2D eigenvalue weighted by Crippen LogP contribution is 2.33. The van der Waals surface area contributed by atoms with E-state index in [4.69, 9.17) is 4.74 Å². The molecule has 0 radical (unpaired) electrons. The maximum atomic E-state index is 12.6. The zero-order valence-electron chi connectivity index (χ0n) is 13.8. The summed E-state index contributed by atoms with van der Waals surface area (Å²) < 4.78 is 5.30. The lowest BCUT2D eigenvalue weighted by Crippen LogP contribution is -2.31. The van der Waals surface area contributed by atoms with Gasteiger partial charge in [0, 0.05) is 31.9 Å². The van der Waals surface area contributed by atoms with Gasteiger partial charge < -0.3 is 15.0 Å². The molecule has 1 aliphatic heterocycles. The van der Waals surface area contributed by atoms with Crippen molar-refractivity contribution in [3.8, 4) is 5.75 Å². The predicted molar refractivity (Wildman–Crippen MR) is 91.8 cm³/mol. The van der Waals surface area contributed by atoms with E-state index in [1.54, 1.807) is 25.6 Å². The molecule has 126 valence electrons. The maximum Gasteiger partial charge on any atom is 0.224 e. The van der Waals surface area contributed by atoms with Crippen molar-refractivity contribution in [2.24, 2.45) is 0 Å². The Kier molecular flexibility index (Phi) is 5.25. The Labute approximate surface area is 141 Å². The van der Waals surface area contributed by atoms with Gasteiger partial charge in [-0.1, -0.05) is 12.1 Å². The molecule has 1 fully saturated rings. The summed E-state index contributed by atoms with van der Waals surface area (Å²) in [6.45, 7) is 1.34. The van der Waals surface area contributed by atoms with Crippen molar-refractivity contribution in [3.63, 3.8) is 0 Å². The minimum Gasteiger partial charge on any atom is -0.497 e. The van der Waals surface area contributed by atoms with Crippen LogP contribution in [0.5, 0.6) is 5.75 Å². The van der Waals surface area contributed by atoms with E-state index in [0.29, 0.717) is 18.9 Å². The number of anilines is 1. The molecule has 1 atom stereocenters. The van der Waals surface area contributed by atoms with E-state index in [1.807, 2.05) is 23.1 Å². The SMILES string of the molecule is COc1cccc(C2CCCN2C(=O)CCNc2ncccn2)c1. The first-order valence-electron chi connectivity index (χ1n) is 8.22. The van der Waals surface area contributed by atoms with E-state index in [2.05, 4.69) is 21.4 Å². The highest BCUT2D eigenvalue weighted by atomic mass is 16.5. The second-order valence-corrected chi connectivity index (χ2v) is 5.77. The Morgan fingerprint density at radius 2 is 2.17 bits per heavy atom. The normalized spacial score (nSPS) is 16.9. The lowest BCUT2D eigenvalue weighted by atomic mass is 10.0. The minimum atomic E-state index is 0.139. The predicted octanol–water partition coefficient (Wildman–Crippen LogP) is 2.65. The number of hydrogen-bond donors (Lipinski definition) is 1. The van der Waals surface area contributed by atoms with Crippen LogP contribution in [0.25, 0.3) is 0 Å². The number of aromatic nitrogens is 2. The number of nitrogens with one attached hydrogen (secondary N) is 1. The molecule has 6 nitrogen and oxygen atoms in total. The van der Waals surface area contributed by atoms with Gasteiger partial charge in [-0.15, -0.1) is 0 Å². The third kappa shape index (κ3) is 3.82. The van der Waals surface area contributed by atoms with Gasteiger partial charge >= 0.3 is 0 Å². The Morgan fingerprint density at radius 1 is 1.33 bits per heavy atom. The number of rotatable bonds is 6. The third-order valence-electron chi connectivity index (χ3n) is 4.24. The quantitative estimate of drug-likeness (QED) is 0.884. The van der Waals surface area contributed by atoms with Crippen LogP contribution in [0.4, 0.5) is 5.95 Å². The molecular weight excluding hydrogens is 304 g/mol. The number of carbonyl (C=O) groups is 1. The number of carbonyl (C=O) groups excluding carboxylic acids is 1. The fourth-order valence-electron chi connectivity index (χ4n) is 3.08. The van der Waals surface area contributed by atoms with Gasteiger partial charge in [-0.25, -0.2) is 9.97 Å². The molecule has 2 aromatic rings. The van der Waals surface area contributed by atoms with Crippen LogP contribution >= 0.6 is 0 Å². The van der Waals surface area contributed by atoms with Crippen LogP contribution in [0.3, 0.4) is 0 Å². The largest absolute Gasteiger partial charge is 0.497 e. The molecule has 1 amide bonds. The van der Waals surface area contributed by atoms with Crippen LogP contribution < -0.4 is 10.1 Å². The van der Waals surface area contributed by atoms with E-state index < -0.39 is 0 Å². The van der Waals surface area contributed by atoms with Crippen LogP contribution in [-0.2, 0) is 4.79 Å². The van der Waals surface area contributed by atoms with Crippen molar-refractivity contribution in [3.05, 3.63) is 48.3 Å². The summed E-state index contributed by atoms with van der Waals surface area (Å²) >= 11 is 0. The highest BCUT2D eigenvalue weighted by Gasteiger charge is 2.29. The summed E-state index contributed by atoms with van der Waals surface area (Å²) in [4.78, 5) is 22.7. The zero-order chi connectivity index (χ0) is 16.8. The van der Waals surface area contributed by atoms with Crippen molar-refractivity contribution >= 4 is 11.9 Å². The van der Waals surface area contributed by atoms with Crippen molar-refractivity contribution in [1.29, 1.82) is 0 Å². The molecule has 2 heterocycles. The smallest absolute Gasteiger partial charge is 0.224 e. The summed E-state index contributed by atoms with van der Waals surface area (Å²) in [6, 6.07) is 9.89. The van der Waals surface area contributed by atoms with Gasteiger partial charge in [-0.05, 0) is 36.6 Å². The summed E-state index contributed by atoms with van der Waals surface area (Å²) in [5, 5.41) is 3.08. The Balaban J connectivity index is 1.59. The molecule has 1 aliphatic rings. The molecule has 24 heavy (non-hydrogen) atoms. The van der Waals surface area contributed by atoms with Crippen molar-refractivity contribution in [2.45, 2.75) is 25.3 Å². The first-order chi connectivity index (χ1) is 11.8. The topological polar surface area (TPSA) is 67.3 Å². The Bertz CT molecular complexity index is 678. The summed E-state index contributed by atoms with van der Waals surface area (Å²) in [7, 11) is 1.66. The standard InChI is InChI=1S/C18H22N4O2/c1-24-15-6-2-5-14(13-15)16-7-3-12-22(16)17(23)8-11-21-18-19-9-4-10-20-18/h2,4-6,9-10,13,16H,3,7-8,11-12H2,1H3,(H,19,20,21). The molecule has 1 aromatic heterocycles. The summed E-state index contributed by atoms with van der Waals surface area (Å²) in [6.07, 6.45) is 5.81. The van der Waals surface area contributed by atoms with Gasteiger partial charge in [0.25, 0.3) is 0 Å². The molecule has 3 rings (SSSR count). The van der Waals surface area contributed by atoms with E-state index in [0.717, 1.165) is 30.7 Å². The van der Waals surface area contributed by atoms with Gasteiger partial charge in [-0.3, -0.25) is 4.79 Å². The summed E-state index contributed by atoms with van der Waals surface area (Å²) in [5.74, 6) is 1.54. The fraction of sp³-hybridized carbons (Fsp3) is 0.389. The molecule has 0 saturated carbocycles. The Hall–Kier alpha value is -2.63. The first-order valence-corrected chi connectivity index (χ1v) is 8.22. The van der Waals surface area contributed by atoms with Gasteiger partial charge in [0.2, 0.25) is 11.9 Å². The second-order valence-electron chi connectivity index (χ2n) is 5.77. The van der Waals surface area contributed by atoms with Crippen LogP contribution in [0.15, 0.2) is 42.7 Å². The number of nitrogens with zero attached hydrogens (tertiary/aromatic N) is 3. The van der Waals surface area contributed by atoms with Crippen molar-refractivity contribution in [1.82, 2.24) is 14.9 Å². The molecule has 0 bridgehead atoms. The number of hydrogen-bond acceptors (Lipinski definition) is 5. The van der Waals surface area contributed by atoms with Crippen LogP contribution in [0.2, 0.25) is 0 Å². The van der Waals surface area contributed by atoms with Crippen molar-refractivity contribution in [2.75, 3.05) is 25.5 Å². The second kappa shape index (κ2) is 7.77. The molecule has 1 aromatic carbocycles. The average molecular weight is 326 g/mol. The van der Waals surface area contributed by atoms with E-state index in [-0.39, 0.29) is 11.9 Å². The van der Waals surface area contributed by atoms with Gasteiger partial charge in [-0.2, -0.15) is 0 Å². The van der Waals surface area contributed by atoms with Crippen molar-refractivity contribution < 1.29 is 9.53 Å². The van der Waals surface area contributed by atoms with Crippen LogP contribution in [-0.4, -0.2) is 41.0 Å². The van der Waals surface area contributed by atoms with Gasteiger partial charge in [0.15, 0.2) is 0 Å². The fourth-order valence-corrected chi connectivity index (χ4v) is 3.08. The number of amides is 1. The lowest BCUT2D eigenvalue weighted by Gasteiger charge is -2.25. The number of likely N-dealkylation sites (tertiary alicyclic amines) is 1. The zero-order valence-corrected chi connectivity index (χ0v) is 13.8. The monoisotopic (exact) mass is 326 g/mol. The molecule has 1 N–H and O–H groups in total. The summed E-state index contributed by atoms with van der Waals surface area (Å²) in [5.41, 5.74) is 1.14.